The first-order valence-corrected chi connectivity index (χ1v) is 24.6. The first-order chi connectivity index (χ1) is 26.9. The van der Waals surface area contributed by atoms with Crippen LogP contribution in [0.25, 0.3) is 0 Å². The summed E-state index contributed by atoms with van der Waals surface area (Å²) in [4.78, 5) is 54.3. The summed E-state index contributed by atoms with van der Waals surface area (Å²) in [5.74, 6) is -0.132. The predicted molar refractivity (Wildman–Crippen MR) is 213 cm³/mol. The van der Waals surface area contributed by atoms with Gasteiger partial charge in [0.1, 0.15) is 0 Å². The van der Waals surface area contributed by atoms with Gasteiger partial charge in [0, 0.05) is 70.2 Å². The third-order valence-electron chi connectivity index (χ3n) is 13.8. The lowest BCUT2D eigenvalue weighted by atomic mass is 9.53. The number of nitrogens with zero attached hydrogens (tertiary/aromatic N) is 2. The fraction of sp³-hybridized carbons (Fsp3) is 0.927. The molecule has 0 aromatic heterocycles. The van der Waals surface area contributed by atoms with E-state index in [1.807, 2.05) is 18.7 Å². The van der Waals surface area contributed by atoms with E-state index in [1.54, 1.807) is 4.90 Å². The maximum atomic E-state index is 13.3. The van der Waals surface area contributed by atoms with Crippen molar-refractivity contribution in [2.24, 2.45) is 23.7 Å². The van der Waals surface area contributed by atoms with Gasteiger partial charge in [-0.3, -0.25) is 9.59 Å². The van der Waals surface area contributed by atoms with E-state index in [4.69, 9.17) is 33.1 Å². The van der Waals surface area contributed by atoms with Crippen LogP contribution < -0.4 is 10.6 Å². The van der Waals surface area contributed by atoms with Crippen molar-refractivity contribution in [3.8, 4) is 0 Å². The van der Waals surface area contributed by atoms with Crippen LogP contribution in [0.1, 0.15) is 112 Å². The van der Waals surface area contributed by atoms with Gasteiger partial charge in [-0.25, -0.2) is 4.79 Å². The van der Waals surface area contributed by atoms with Crippen LogP contribution in [0, 0.1) is 23.7 Å². The lowest BCUT2D eigenvalue weighted by Gasteiger charge is -2.57. The number of carbonyl (C=O) groups is 3. The van der Waals surface area contributed by atoms with Crippen molar-refractivity contribution >= 4 is 26.2 Å². The summed E-state index contributed by atoms with van der Waals surface area (Å²) in [5.41, 5.74) is -0.912. The van der Waals surface area contributed by atoms with Gasteiger partial charge in [0.25, 0.3) is 6.48 Å². The molecule has 4 amide bonds. The van der Waals surface area contributed by atoms with Gasteiger partial charge in [0.05, 0.1) is 38.1 Å². The smallest absolute Gasteiger partial charge is 0.317 e. The molecule has 0 aromatic carbocycles. The number of nitrogens with one attached hydrogen (secondary N) is 2. The van der Waals surface area contributed by atoms with E-state index in [-0.39, 0.29) is 66.6 Å². The van der Waals surface area contributed by atoms with Gasteiger partial charge in [-0.2, -0.15) is 9.78 Å². The Hall–Kier alpha value is -1.89. The maximum absolute atomic E-state index is 13.3. The molecule has 7 fully saturated rings. The fourth-order valence-electron chi connectivity index (χ4n) is 9.72. The van der Waals surface area contributed by atoms with Crippen LogP contribution >= 0.6 is 0 Å². The molecule has 1 spiro atoms. The number of rotatable bonds is 19. The average molecular weight is 825 g/mol. The highest BCUT2D eigenvalue weighted by atomic mass is 28.4. The van der Waals surface area contributed by atoms with E-state index in [2.05, 4.69) is 44.5 Å². The minimum absolute atomic E-state index is 0.00766. The molecule has 3 N–H and O–H groups in total. The largest absolute Gasteiger partial charge is 0.415 e. The molecular formula is C41H72N4O11Si. The van der Waals surface area contributed by atoms with Crippen LogP contribution in [-0.4, -0.2) is 130 Å². The van der Waals surface area contributed by atoms with Crippen molar-refractivity contribution in [3.05, 3.63) is 0 Å². The van der Waals surface area contributed by atoms with Crippen LogP contribution in [0.15, 0.2) is 0 Å². The lowest BCUT2D eigenvalue weighted by molar-refractivity contribution is -0.390. The second kappa shape index (κ2) is 18.4. The first kappa shape index (κ1) is 44.7. The summed E-state index contributed by atoms with van der Waals surface area (Å²) in [7, 11) is -2.13. The molecule has 4 bridgehead atoms. The van der Waals surface area contributed by atoms with Crippen LogP contribution in [0.3, 0.4) is 0 Å². The number of urea groups is 1. The van der Waals surface area contributed by atoms with Gasteiger partial charge in [-0.1, -0.05) is 20.8 Å². The number of morpholine rings is 1. The lowest BCUT2D eigenvalue weighted by Crippen LogP contribution is -2.59. The molecule has 3 saturated heterocycles. The minimum atomic E-state index is -2.13. The Labute approximate surface area is 340 Å². The summed E-state index contributed by atoms with van der Waals surface area (Å²) in [5, 5.41) is 17.2. The molecule has 7 aliphatic rings. The Balaban J connectivity index is 1.03. The van der Waals surface area contributed by atoms with E-state index in [0.29, 0.717) is 77.1 Å². The molecule has 0 aromatic rings. The van der Waals surface area contributed by atoms with Gasteiger partial charge in [-0.05, 0) is 95.2 Å². The fourth-order valence-corrected chi connectivity index (χ4v) is 10.8. The van der Waals surface area contributed by atoms with E-state index in [1.165, 1.54) is 6.42 Å². The van der Waals surface area contributed by atoms with Crippen molar-refractivity contribution in [2.45, 2.75) is 159 Å². The van der Waals surface area contributed by atoms with Gasteiger partial charge in [0.15, 0.2) is 8.32 Å². The van der Waals surface area contributed by atoms with Gasteiger partial charge in [-0.15, -0.1) is 0 Å². The van der Waals surface area contributed by atoms with Crippen molar-refractivity contribution in [1.29, 1.82) is 0 Å². The predicted octanol–water partition coefficient (Wildman–Crippen LogP) is 5.02. The number of hydrogen-bond acceptors (Lipinski definition) is 11. The van der Waals surface area contributed by atoms with Crippen LogP contribution in [-0.2, 0) is 42.7 Å². The number of amides is 4. The standard InChI is InChI=1S/C41H72N4O11Si/c1-38(2,3)57(6,7)52-28-33(43-36(48)45-17-20-50-21-18-45)27-39(4,5)53-37(49)51-19-13-40(12-11-34(46)42-14-9-16-44-15-8-10-35(44)47)54-41(56-55-40)31-23-29-22-30(25-31)26-32(41)24-29/h29-33,37,49H,8-28H2,1-7H3,(H,42,46)(H,43,48). The summed E-state index contributed by atoms with van der Waals surface area (Å²) in [6.45, 7) is 17.3. The zero-order chi connectivity index (χ0) is 41.1. The van der Waals surface area contributed by atoms with Crippen molar-refractivity contribution in [3.63, 3.8) is 0 Å². The summed E-state index contributed by atoms with van der Waals surface area (Å²) >= 11 is 0. The molecule has 4 saturated carbocycles. The van der Waals surface area contributed by atoms with Crippen LogP contribution in [0.4, 0.5) is 4.79 Å². The molecule has 57 heavy (non-hydrogen) atoms. The Morgan fingerprint density at radius 3 is 2.30 bits per heavy atom. The molecule has 15 nitrogen and oxygen atoms in total. The quantitative estimate of drug-likeness (QED) is 0.0693. The highest BCUT2D eigenvalue weighted by molar-refractivity contribution is 6.74. The minimum Gasteiger partial charge on any atom is -0.415 e. The van der Waals surface area contributed by atoms with E-state index in [9.17, 15) is 19.5 Å². The summed E-state index contributed by atoms with van der Waals surface area (Å²) in [6, 6.07) is -0.564. The number of aliphatic hydroxyl groups is 1. The number of hydrogen-bond donors (Lipinski definition) is 3. The Morgan fingerprint density at radius 1 is 0.982 bits per heavy atom. The zero-order valence-electron chi connectivity index (χ0n) is 35.7. The molecule has 7 rings (SSSR count). The van der Waals surface area contributed by atoms with Gasteiger partial charge < -0.3 is 48.9 Å². The zero-order valence-corrected chi connectivity index (χ0v) is 36.7. The molecule has 326 valence electrons. The Bertz CT molecular complexity index is 1360. The monoisotopic (exact) mass is 824 g/mol. The summed E-state index contributed by atoms with van der Waals surface area (Å²) in [6.07, 6.45) is 8.68. The molecule has 3 aliphatic heterocycles. The number of likely N-dealkylation sites (tertiary alicyclic amines) is 1. The number of ether oxygens (including phenoxy) is 4. The van der Waals surface area contributed by atoms with Crippen molar-refractivity contribution in [1.82, 2.24) is 20.4 Å². The average Bonchev–Trinajstić information content (AvgIpc) is 3.73. The molecule has 16 heteroatoms. The van der Waals surface area contributed by atoms with E-state index >= 15 is 0 Å². The molecule has 3 unspecified atom stereocenters. The van der Waals surface area contributed by atoms with Crippen molar-refractivity contribution in [2.75, 3.05) is 59.2 Å². The number of carbonyl (C=O) groups excluding carboxylic acids is 3. The third kappa shape index (κ3) is 11.3. The van der Waals surface area contributed by atoms with Crippen LogP contribution in [0.5, 0.6) is 0 Å². The van der Waals surface area contributed by atoms with Gasteiger partial charge >= 0.3 is 6.03 Å². The summed E-state index contributed by atoms with van der Waals surface area (Å²) < 4.78 is 30.9. The third-order valence-corrected chi connectivity index (χ3v) is 18.3. The van der Waals surface area contributed by atoms with Crippen molar-refractivity contribution < 1.29 is 52.6 Å². The first-order valence-electron chi connectivity index (χ1n) is 21.7. The number of aliphatic hydroxyl groups excluding tert-OH is 1. The van der Waals surface area contributed by atoms with E-state index < -0.39 is 32.0 Å². The normalized spacial score (nSPS) is 31.3. The molecular weight excluding hydrogens is 753 g/mol. The van der Waals surface area contributed by atoms with Gasteiger partial charge in [0.2, 0.25) is 23.4 Å². The SMILES string of the molecule is CC(C)(CC(CO[Si](C)(C)C(C)(C)C)NC(=O)N1CCOCC1)OC(O)OCCC1(CCC(=O)NCCCN2CCCC2=O)OOC2(O1)C1CC3CC(C1)CC2C3. The second-order valence-electron chi connectivity index (χ2n) is 19.7. The Morgan fingerprint density at radius 2 is 1.67 bits per heavy atom. The molecule has 3 atom stereocenters. The van der Waals surface area contributed by atoms with Crippen LogP contribution in [0.2, 0.25) is 18.1 Å². The topological polar surface area (TPSA) is 167 Å². The highest BCUT2D eigenvalue weighted by Crippen LogP contribution is 2.63. The highest BCUT2D eigenvalue weighted by Gasteiger charge is 2.66. The molecule has 0 radical (unpaired) electrons. The Kier molecular flexibility index (Phi) is 14.4. The second-order valence-corrected chi connectivity index (χ2v) is 24.5. The maximum Gasteiger partial charge on any atom is 0.317 e. The molecule has 3 heterocycles. The van der Waals surface area contributed by atoms with E-state index in [0.717, 1.165) is 38.6 Å². The molecule has 4 aliphatic carbocycles.